The predicted molar refractivity (Wildman–Crippen MR) is 113 cm³/mol. The van der Waals surface area contributed by atoms with E-state index >= 15 is 0 Å². The minimum atomic E-state index is -3.22. The maximum absolute atomic E-state index is 13.1. The molecule has 2 atom stereocenters. The standard InChI is InChI=1S/C21H23ClN2O4S/c1-2-28-18-9-7-17(8-10-18)24-20-14-29(26,27)13-19(20)23(12-21(24)25)11-15-3-5-16(22)6-4-15/h3-10,19-20H,2,11-14H2,1H3/t19-,20+/m0/s1. The van der Waals surface area contributed by atoms with Gasteiger partial charge >= 0.3 is 0 Å². The SMILES string of the molecule is CCOc1ccc(N2C(=O)CN(Cc3ccc(Cl)cc3)[C@H]3CS(=O)(=O)C[C@H]32)cc1. The van der Waals surface area contributed by atoms with Crippen LogP contribution in [0.5, 0.6) is 5.75 Å². The van der Waals surface area contributed by atoms with Gasteiger partial charge in [0.05, 0.1) is 30.7 Å². The molecule has 0 aliphatic carbocycles. The zero-order chi connectivity index (χ0) is 20.6. The van der Waals surface area contributed by atoms with Crippen LogP contribution in [0.3, 0.4) is 0 Å². The van der Waals surface area contributed by atoms with Crippen molar-refractivity contribution in [3.8, 4) is 5.75 Å². The van der Waals surface area contributed by atoms with E-state index in [0.29, 0.717) is 23.9 Å². The Balaban J connectivity index is 1.61. The Labute approximate surface area is 175 Å². The molecule has 0 unspecified atom stereocenters. The molecule has 1 amide bonds. The summed E-state index contributed by atoms with van der Waals surface area (Å²) in [6.07, 6.45) is 0. The van der Waals surface area contributed by atoms with E-state index in [9.17, 15) is 13.2 Å². The van der Waals surface area contributed by atoms with Gasteiger partial charge in [-0.15, -0.1) is 0 Å². The first-order valence-electron chi connectivity index (χ1n) is 9.60. The highest BCUT2D eigenvalue weighted by Crippen LogP contribution is 2.33. The molecule has 0 N–H and O–H groups in total. The third-order valence-corrected chi connectivity index (χ3v) is 7.38. The number of halogens is 1. The van der Waals surface area contributed by atoms with Crippen LogP contribution in [0, 0.1) is 0 Å². The molecule has 2 fully saturated rings. The van der Waals surface area contributed by atoms with Crippen LogP contribution in [0.2, 0.25) is 5.02 Å². The lowest BCUT2D eigenvalue weighted by molar-refractivity contribution is -0.123. The van der Waals surface area contributed by atoms with Gasteiger partial charge in [0.1, 0.15) is 5.75 Å². The first-order chi connectivity index (χ1) is 13.9. The van der Waals surface area contributed by atoms with E-state index in [-0.39, 0.29) is 30.0 Å². The number of amides is 1. The Bertz CT molecular complexity index is 992. The number of anilines is 1. The zero-order valence-corrected chi connectivity index (χ0v) is 17.7. The van der Waals surface area contributed by atoms with Crippen molar-refractivity contribution in [2.24, 2.45) is 0 Å². The number of sulfone groups is 1. The maximum Gasteiger partial charge on any atom is 0.241 e. The monoisotopic (exact) mass is 434 g/mol. The summed E-state index contributed by atoms with van der Waals surface area (Å²) in [6.45, 7) is 3.15. The molecule has 154 valence electrons. The van der Waals surface area contributed by atoms with Crippen LogP contribution in [0.4, 0.5) is 5.69 Å². The Kier molecular flexibility index (Phi) is 5.55. The lowest BCUT2D eigenvalue weighted by Crippen LogP contribution is -2.61. The molecule has 0 saturated carbocycles. The number of benzene rings is 2. The Hall–Kier alpha value is -2.09. The molecule has 2 aliphatic rings. The summed E-state index contributed by atoms with van der Waals surface area (Å²) in [4.78, 5) is 16.7. The van der Waals surface area contributed by atoms with Gasteiger partial charge in [-0.25, -0.2) is 8.42 Å². The van der Waals surface area contributed by atoms with Gasteiger partial charge in [0.2, 0.25) is 5.91 Å². The number of ether oxygens (including phenoxy) is 1. The van der Waals surface area contributed by atoms with Gasteiger partial charge in [0.15, 0.2) is 9.84 Å². The van der Waals surface area contributed by atoms with E-state index in [1.165, 1.54) is 0 Å². The number of fused-ring (bicyclic) bond motifs is 1. The summed E-state index contributed by atoms with van der Waals surface area (Å²) >= 11 is 5.96. The van der Waals surface area contributed by atoms with E-state index in [2.05, 4.69) is 0 Å². The second-order valence-electron chi connectivity index (χ2n) is 7.43. The van der Waals surface area contributed by atoms with Crippen molar-refractivity contribution < 1.29 is 17.9 Å². The largest absolute Gasteiger partial charge is 0.494 e. The van der Waals surface area contributed by atoms with E-state index in [1.807, 2.05) is 48.2 Å². The molecule has 2 aromatic carbocycles. The molecule has 0 spiro atoms. The minimum absolute atomic E-state index is 0.0201. The average molecular weight is 435 g/mol. The molecule has 2 aromatic rings. The Morgan fingerprint density at radius 2 is 1.69 bits per heavy atom. The van der Waals surface area contributed by atoms with Crippen molar-refractivity contribution in [3.63, 3.8) is 0 Å². The highest BCUT2D eigenvalue weighted by Gasteiger charge is 2.49. The summed E-state index contributed by atoms with van der Waals surface area (Å²) in [5.41, 5.74) is 1.71. The fourth-order valence-corrected chi connectivity index (χ4v) is 6.27. The number of hydrogen-bond donors (Lipinski definition) is 0. The van der Waals surface area contributed by atoms with Crippen LogP contribution in [0.25, 0.3) is 0 Å². The van der Waals surface area contributed by atoms with Crippen LogP contribution in [0.15, 0.2) is 48.5 Å². The molecule has 2 saturated heterocycles. The van der Waals surface area contributed by atoms with Gasteiger partial charge in [0, 0.05) is 23.3 Å². The summed E-state index contributed by atoms with van der Waals surface area (Å²) < 4.78 is 30.4. The van der Waals surface area contributed by atoms with Gasteiger partial charge in [-0.05, 0) is 48.9 Å². The summed E-state index contributed by atoms with van der Waals surface area (Å²) in [5.74, 6) is 0.668. The molecule has 0 radical (unpaired) electrons. The first-order valence-corrected chi connectivity index (χ1v) is 11.8. The number of carbonyl (C=O) groups is 1. The van der Waals surface area contributed by atoms with Crippen LogP contribution < -0.4 is 9.64 Å². The molecule has 0 aromatic heterocycles. The Morgan fingerprint density at radius 3 is 2.34 bits per heavy atom. The molecule has 29 heavy (non-hydrogen) atoms. The molecule has 2 heterocycles. The van der Waals surface area contributed by atoms with Crippen molar-refractivity contribution in [2.45, 2.75) is 25.6 Å². The van der Waals surface area contributed by atoms with Gasteiger partial charge in [-0.3, -0.25) is 9.69 Å². The quantitative estimate of drug-likeness (QED) is 0.723. The van der Waals surface area contributed by atoms with Crippen molar-refractivity contribution in [1.29, 1.82) is 0 Å². The second-order valence-corrected chi connectivity index (χ2v) is 10.0. The van der Waals surface area contributed by atoms with Crippen molar-refractivity contribution in [2.75, 3.05) is 29.6 Å². The van der Waals surface area contributed by atoms with Crippen molar-refractivity contribution in [1.82, 2.24) is 4.90 Å². The topological polar surface area (TPSA) is 66.9 Å². The summed E-state index contributed by atoms with van der Waals surface area (Å²) in [7, 11) is -3.22. The van der Waals surface area contributed by atoms with Gasteiger partial charge in [0.25, 0.3) is 0 Å². The Morgan fingerprint density at radius 1 is 1.03 bits per heavy atom. The van der Waals surface area contributed by atoms with E-state index in [1.54, 1.807) is 17.0 Å². The average Bonchev–Trinajstić information content (AvgIpc) is 3.00. The molecular formula is C21H23ClN2O4S. The summed E-state index contributed by atoms with van der Waals surface area (Å²) in [6, 6.07) is 14.0. The molecule has 6 nitrogen and oxygen atoms in total. The predicted octanol–water partition coefficient (Wildman–Crippen LogP) is 2.75. The van der Waals surface area contributed by atoms with Gasteiger partial charge < -0.3 is 9.64 Å². The van der Waals surface area contributed by atoms with Gasteiger partial charge in [-0.1, -0.05) is 23.7 Å². The summed E-state index contributed by atoms with van der Waals surface area (Å²) in [5, 5.41) is 0.645. The molecule has 2 aliphatic heterocycles. The van der Waals surface area contributed by atoms with E-state index < -0.39 is 15.9 Å². The van der Waals surface area contributed by atoms with Gasteiger partial charge in [-0.2, -0.15) is 0 Å². The lowest BCUT2D eigenvalue weighted by Gasteiger charge is -2.43. The minimum Gasteiger partial charge on any atom is -0.494 e. The van der Waals surface area contributed by atoms with Crippen molar-refractivity contribution in [3.05, 3.63) is 59.1 Å². The fraction of sp³-hybridized carbons (Fsp3) is 0.381. The molecule has 0 bridgehead atoms. The lowest BCUT2D eigenvalue weighted by atomic mass is 10.0. The van der Waals surface area contributed by atoms with Crippen LogP contribution in [-0.2, 0) is 21.2 Å². The maximum atomic E-state index is 13.1. The third kappa shape index (κ3) is 4.27. The van der Waals surface area contributed by atoms with Crippen LogP contribution >= 0.6 is 11.6 Å². The second kappa shape index (κ2) is 7.97. The molecule has 4 rings (SSSR count). The van der Waals surface area contributed by atoms with Crippen LogP contribution in [0.1, 0.15) is 12.5 Å². The third-order valence-electron chi connectivity index (χ3n) is 5.43. The molecular weight excluding hydrogens is 412 g/mol. The number of nitrogens with zero attached hydrogens (tertiary/aromatic N) is 2. The fourth-order valence-electron chi connectivity index (χ4n) is 4.16. The van der Waals surface area contributed by atoms with E-state index in [4.69, 9.17) is 16.3 Å². The molecule has 8 heteroatoms. The smallest absolute Gasteiger partial charge is 0.241 e. The number of hydrogen-bond acceptors (Lipinski definition) is 5. The van der Waals surface area contributed by atoms with Crippen LogP contribution in [-0.4, -0.2) is 56.0 Å². The van der Waals surface area contributed by atoms with Crippen molar-refractivity contribution >= 4 is 33.0 Å². The highest BCUT2D eigenvalue weighted by molar-refractivity contribution is 7.91. The number of piperazine rings is 1. The first kappa shape index (κ1) is 20.2. The number of carbonyl (C=O) groups excluding carboxylic acids is 1. The van der Waals surface area contributed by atoms with E-state index in [0.717, 1.165) is 11.3 Å². The number of rotatable bonds is 5. The zero-order valence-electron chi connectivity index (χ0n) is 16.1. The normalized spacial score (nSPS) is 23.8. The highest BCUT2D eigenvalue weighted by atomic mass is 35.5.